The van der Waals surface area contributed by atoms with Crippen LogP contribution in [-0.2, 0) is 19.4 Å². The summed E-state index contributed by atoms with van der Waals surface area (Å²) < 4.78 is 2.40. The Hall–Kier alpha value is -0.900. The van der Waals surface area contributed by atoms with E-state index in [0.717, 1.165) is 31.2 Å². The maximum Gasteiger partial charge on any atom is 0.133 e. The van der Waals surface area contributed by atoms with Crippen LogP contribution in [-0.4, -0.2) is 39.8 Å². The highest BCUT2D eigenvalue weighted by Crippen LogP contribution is 2.24. The summed E-state index contributed by atoms with van der Waals surface area (Å²) in [6.07, 6.45) is 6.14. The van der Waals surface area contributed by atoms with Gasteiger partial charge < -0.3 is 9.47 Å². The van der Waals surface area contributed by atoms with Crippen LogP contribution < -0.4 is 0 Å². The number of nitrogens with zero attached hydrogens (tertiary/aromatic N) is 4. The first-order valence-corrected chi connectivity index (χ1v) is 7.32. The highest BCUT2D eigenvalue weighted by atomic mass is 15.3. The minimum Gasteiger partial charge on any atom is -0.315 e. The average molecular weight is 248 g/mol. The molecule has 2 aliphatic heterocycles. The van der Waals surface area contributed by atoms with Crippen LogP contribution >= 0.6 is 0 Å². The number of hydrogen-bond acceptors (Lipinski definition) is 3. The lowest BCUT2D eigenvalue weighted by Gasteiger charge is -2.29. The summed E-state index contributed by atoms with van der Waals surface area (Å²) in [5.41, 5.74) is 0. The molecular formula is C14H24N4. The van der Waals surface area contributed by atoms with E-state index in [4.69, 9.17) is 0 Å². The fourth-order valence-electron chi connectivity index (χ4n) is 3.22. The van der Waals surface area contributed by atoms with E-state index in [1.807, 2.05) is 0 Å². The SMILES string of the molecule is CC1CCc2nnc(CC3CCN(C)CC3)n2C1. The Morgan fingerprint density at radius 1 is 1.17 bits per heavy atom. The number of aromatic nitrogens is 3. The van der Waals surface area contributed by atoms with Gasteiger partial charge in [-0.1, -0.05) is 6.92 Å². The van der Waals surface area contributed by atoms with Crippen molar-refractivity contribution < 1.29 is 0 Å². The van der Waals surface area contributed by atoms with Crippen molar-refractivity contribution in [3.05, 3.63) is 11.6 Å². The highest BCUT2D eigenvalue weighted by molar-refractivity contribution is 5.01. The van der Waals surface area contributed by atoms with Crippen molar-refractivity contribution in [2.75, 3.05) is 20.1 Å². The summed E-state index contributed by atoms with van der Waals surface area (Å²) in [4.78, 5) is 2.43. The largest absolute Gasteiger partial charge is 0.315 e. The minimum atomic E-state index is 0.782. The molecule has 100 valence electrons. The van der Waals surface area contributed by atoms with Crippen molar-refractivity contribution in [2.24, 2.45) is 11.8 Å². The van der Waals surface area contributed by atoms with Crippen LogP contribution in [0.1, 0.15) is 37.8 Å². The van der Waals surface area contributed by atoms with Gasteiger partial charge in [0.25, 0.3) is 0 Å². The topological polar surface area (TPSA) is 34.0 Å². The molecule has 1 saturated heterocycles. The Bertz CT molecular complexity index is 404. The standard InChI is InChI=1S/C14H24N4/c1-11-3-4-13-15-16-14(18(13)10-11)9-12-5-7-17(2)8-6-12/h11-12H,3-10H2,1-2H3. The second kappa shape index (κ2) is 5.00. The third-order valence-electron chi connectivity index (χ3n) is 4.57. The summed E-state index contributed by atoms with van der Waals surface area (Å²) in [7, 11) is 2.22. The van der Waals surface area contributed by atoms with Crippen LogP contribution in [0.2, 0.25) is 0 Å². The van der Waals surface area contributed by atoms with Gasteiger partial charge >= 0.3 is 0 Å². The predicted octanol–water partition coefficient (Wildman–Crippen LogP) is 1.74. The first-order valence-electron chi connectivity index (χ1n) is 7.32. The molecule has 4 nitrogen and oxygen atoms in total. The molecule has 0 aromatic carbocycles. The van der Waals surface area contributed by atoms with E-state index in [1.165, 1.54) is 44.0 Å². The zero-order valence-electron chi connectivity index (χ0n) is 11.6. The van der Waals surface area contributed by atoms with Gasteiger partial charge in [-0.15, -0.1) is 10.2 Å². The van der Waals surface area contributed by atoms with Crippen molar-refractivity contribution in [1.29, 1.82) is 0 Å². The number of likely N-dealkylation sites (tertiary alicyclic amines) is 1. The number of aryl methyl sites for hydroxylation is 1. The molecule has 4 heteroatoms. The molecule has 1 atom stereocenters. The van der Waals surface area contributed by atoms with Gasteiger partial charge in [0, 0.05) is 19.4 Å². The first-order chi connectivity index (χ1) is 8.72. The molecule has 0 radical (unpaired) electrons. The van der Waals surface area contributed by atoms with Crippen molar-refractivity contribution in [2.45, 2.75) is 45.6 Å². The van der Waals surface area contributed by atoms with E-state index in [2.05, 4.69) is 33.6 Å². The van der Waals surface area contributed by atoms with Crippen LogP contribution in [0.15, 0.2) is 0 Å². The number of rotatable bonds is 2. The van der Waals surface area contributed by atoms with Crippen LogP contribution in [0.3, 0.4) is 0 Å². The maximum atomic E-state index is 4.44. The number of piperidine rings is 1. The monoisotopic (exact) mass is 248 g/mol. The third-order valence-corrected chi connectivity index (χ3v) is 4.57. The zero-order valence-corrected chi connectivity index (χ0v) is 11.6. The summed E-state index contributed by atoms with van der Waals surface area (Å²) in [6, 6.07) is 0. The van der Waals surface area contributed by atoms with Crippen molar-refractivity contribution in [3.8, 4) is 0 Å². The molecule has 3 rings (SSSR count). The molecule has 2 aliphatic rings. The van der Waals surface area contributed by atoms with Crippen LogP contribution in [0.5, 0.6) is 0 Å². The fraction of sp³-hybridized carbons (Fsp3) is 0.857. The zero-order chi connectivity index (χ0) is 12.5. The first kappa shape index (κ1) is 12.2. The Labute approximate surface area is 109 Å². The van der Waals surface area contributed by atoms with Crippen LogP contribution in [0.25, 0.3) is 0 Å². The van der Waals surface area contributed by atoms with Gasteiger partial charge in [-0.3, -0.25) is 0 Å². The molecule has 0 bridgehead atoms. The molecular weight excluding hydrogens is 224 g/mol. The van der Waals surface area contributed by atoms with Gasteiger partial charge in [-0.2, -0.15) is 0 Å². The van der Waals surface area contributed by atoms with Crippen molar-refractivity contribution in [1.82, 2.24) is 19.7 Å². The number of fused-ring (bicyclic) bond motifs is 1. The second-order valence-corrected chi connectivity index (χ2v) is 6.24. The Kier molecular flexibility index (Phi) is 3.37. The molecule has 1 aromatic heterocycles. The molecule has 3 heterocycles. The minimum absolute atomic E-state index is 0.782. The molecule has 0 amide bonds. The normalized spacial score (nSPS) is 26.2. The van der Waals surface area contributed by atoms with Gasteiger partial charge in [0.2, 0.25) is 0 Å². The molecule has 0 saturated carbocycles. The third kappa shape index (κ3) is 2.44. The molecule has 18 heavy (non-hydrogen) atoms. The fourth-order valence-corrected chi connectivity index (χ4v) is 3.22. The summed E-state index contributed by atoms with van der Waals surface area (Å²) in [6.45, 7) is 5.94. The second-order valence-electron chi connectivity index (χ2n) is 6.24. The molecule has 0 spiro atoms. The van der Waals surface area contributed by atoms with Crippen molar-refractivity contribution in [3.63, 3.8) is 0 Å². The summed E-state index contributed by atoms with van der Waals surface area (Å²) in [5, 5.41) is 8.82. The van der Waals surface area contributed by atoms with E-state index in [9.17, 15) is 0 Å². The van der Waals surface area contributed by atoms with Gasteiger partial charge in [0.1, 0.15) is 11.6 Å². The smallest absolute Gasteiger partial charge is 0.133 e. The van der Waals surface area contributed by atoms with E-state index >= 15 is 0 Å². The lowest BCUT2D eigenvalue weighted by atomic mass is 9.93. The maximum absolute atomic E-state index is 4.44. The average Bonchev–Trinajstić information content (AvgIpc) is 2.75. The van der Waals surface area contributed by atoms with Gasteiger partial charge in [-0.25, -0.2) is 0 Å². The van der Waals surface area contributed by atoms with Gasteiger partial charge in [-0.05, 0) is 51.2 Å². The molecule has 1 unspecified atom stereocenters. The number of hydrogen-bond donors (Lipinski definition) is 0. The quantitative estimate of drug-likeness (QED) is 0.799. The lowest BCUT2D eigenvalue weighted by Crippen LogP contribution is -2.31. The molecule has 0 N–H and O–H groups in total. The summed E-state index contributed by atoms with van der Waals surface area (Å²) >= 11 is 0. The van der Waals surface area contributed by atoms with Gasteiger partial charge in [0.15, 0.2) is 0 Å². The highest BCUT2D eigenvalue weighted by Gasteiger charge is 2.23. The van der Waals surface area contributed by atoms with E-state index in [0.29, 0.717) is 0 Å². The lowest BCUT2D eigenvalue weighted by molar-refractivity contribution is 0.215. The summed E-state index contributed by atoms with van der Waals surface area (Å²) in [5.74, 6) is 4.05. The van der Waals surface area contributed by atoms with Gasteiger partial charge in [0.05, 0.1) is 0 Å². The van der Waals surface area contributed by atoms with Crippen LogP contribution in [0.4, 0.5) is 0 Å². The van der Waals surface area contributed by atoms with Crippen LogP contribution in [0, 0.1) is 11.8 Å². The molecule has 1 fully saturated rings. The Morgan fingerprint density at radius 3 is 2.72 bits per heavy atom. The Morgan fingerprint density at radius 2 is 1.94 bits per heavy atom. The van der Waals surface area contributed by atoms with E-state index in [-0.39, 0.29) is 0 Å². The van der Waals surface area contributed by atoms with E-state index < -0.39 is 0 Å². The van der Waals surface area contributed by atoms with Crippen molar-refractivity contribution >= 4 is 0 Å². The molecule has 0 aliphatic carbocycles. The Balaban J connectivity index is 1.68. The van der Waals surface area contributed by atoms with E-state index in [1.54, 1.807) is 0 Å². The molecule has 1 aromatic rings. The predicted molar refractivity (Wildman–Crippen MR) is 71.4 cm³/mol.